The molecule has 12 nitrogen and oxygen atoms in total. The monoisotopic (exact) mass is 796 g/mol. The summed E-state index contributed by atoms with van der Waals surface area (Å²) in [5, 5.41) is 0.335. The number of hydrogen-bond donors (Lipinski definition) is 0. The van der Waals surface area contributed by atoms with E-state index in [1.165, 1.54) is 60.7 Å². The molecule has 16 heteroatoms. The van der Waals surface area contributed by atoms with Crippen LogP contribution < -0.4 is 11.2 Å². The molecule has 5 aromatic rings. The van der Waals surface area contributed by atoms with Gasteiger partial charge in [0.25, 0.3) is 11.5 Å². The van der Waals surface area contributed by atoms with E-state index in [1.807, 2.05) is 0 Å². The number of aromatic nitrogens is 2. The Balaban J connectivity index is 1.42. The lowest BCUT2D eigenvalue weighted by Crippen LogP contribution is -2.47. The summed E-state index contributed by atoms with van der Waals surface area (Å²) in [7, 11) is 0. The predicted molar refractivity (Wildman–Crippen MR) is 193 cm³/mol. The number of rotatable bonds is 9. The smallest absolute Gasteiger partial charge is 0.340 e. The van der Waals surface area contributed by atoms with E-state index in [0.717, 1.165) is 16.8 Å². The number of carbonyl (C=O) groups excluding carboxylic acids is 4. The van der Waals surface area contributed by atoms with E-state index in [0.29, 0.717) is 4.57 Å². The number of esters is 3. The molecule has 1 saturated heterocycles. The third kappa shape index (κ3) is 8.22. The van der Waals surface area contributed by atoms with Gasteiger partial charge in [0.2, 0.25) is 0 Å². The van der Waals surface area contributed by atoms with Crippen molar-refractivity contribution in [1.29, 1.82) is 0 Å². The maximum atomic E-state index is 14.0. The highest BCUT2D eigenvalue weighted by Gasteiger charge is 2.52. The molecule has 0 bridgehead atoms. The Labute approximate surface area is 319 Å². The Hall–Kier alpha value is -5.24. The summed E-state index contributed by atoms with van der Waals surface area (Å²) >= 11 is 24.4. The molecule has 0 unspecified atom stereocenters. The van der Waals surface area contributed by atoms with Gasteiger partial charge in [-0.25, -0.2) is 19.2 Å². The molecule has 1 aromatic heterocycles. The predicted octanol–water partition coefficient (Wildman–Crippen LogP) is 6.52. The molecule has 1 fully saturated rings. The average Bonchev–Trinajstić information content (AvgIpc) is 3.46. The van der Waals surface area contributed by atoms with E-state index in [9.17, 15) is 28.8 Å². The van der Waals surface area contributed by atoms with Gasteiger partial charge in [0.05, 0.1) is 32.3 Å². The minimum absolute atomic E-state index is 0.00583. The van der Waals surface area contributed by atoms with Crippen LogP contribution in [0.2, 0.25) is 20.1 Å². The first-order chi connectivity index (χ1) is 25.4. The van der Waals surface area contributed by atoms with Crippen molar-refractivity contribution in [2.24, 2.45) is 0 Å². The number of hydrogen-bond acceptors (Lipinski definition) is 10. The Morgan fingerprint density at radius 2 is 1.17 bits per heavy atom. The van der Waals surface area contributed by atoms with Crippen molar-refractivity contribution in [3.05, 3.63) is 173 Å². The van der Waals surface area contributed by atoms with Crippen LogP contribution in [-0.4, -0.2) is 57.9 Å². The van der Waals surface area contributed by atoms with Crippen molar-refractivity contribution in [3.8, 4) is 0 Å². The Morgan fingerprint density at radius 1 is 0.642 bits per heavy atom. The molecule has 1 aliphatic rings. The zero-order chi connectivity index (χ0) is 37.8. The molecular weight excluding hydrogens is 774 g/mol. The lowest BCUT2D eigenvalue weighted by atomic mass is 10.1. The average molecular weight is 798 g/mol. The van der Waals surface area contributed by atoms with Crippen LogP contribution in [0.15, 0.2) is 119 Å². The van der Waals surface area contributed by atoms with Crippen molar-refractivity contribution < 1.29 is 38.1 Å². The van der Waals surface area contributed by atoms with Gasteiger partial charge in [-0.05, 0) is 60.7 Å². The highest BCUT2D eigenvalue weighted by Crippen LogP contribution is 2.35. The summed E-state index contributed by atoms with van der Waals surface area (Å²) in [5.41, 5.74) is -2.29. The molecule has 0 N–H and O–H groups in total. The van der Waals surface area contributed by atoms with E-state index < -0.39 is 66.2 Å². The summed E-state index contributed by atoms with van der Waals surface area (Å²) < 4.78 is 24.6. The zero-order valence-electron chi connectivity index (χ0n) is 26.9. The molecule has 0 saturated carbocycles. The van der Waals surface area contributed by atoms with Gasteiger partial charge >= 0.3 is 23.6 Å². The standard InChI is InChI=1S/C37H24Cl4N2O10/c38-22-11-13-24(26(40)17-22)32(45)43-29(44)15-16-42(37(43)49)33-31(53-35(47)21-9-5-2-6-10-21)30(52-34(46)20-7-3-1-4-8-20)28(51-33)19-50-36(48)25-14-12-23(39)18-27(25)41/h1-18,28,30-31,33H,19H2/t28-,30+,31-,33+/m0/s1. The molecule has 53 heavy (non-hydrogen) atoms. The summed E-state index contributed by atoms with van der Waals surface area (Å²) in [6, 6.07) is 24.5. The maximum Gasteiger partial charge on any atom is 0.340 e. The van der Waals surface area contributed by atoms with Crippen LogP contribution in [0.3, 0.4) is 0 Å². The third-order valence-corrected chi connectivity index (χ3v) is 9.07. The van der Waals surface area contributed by atoms with E-state index in [1.54, 1.807) is 36.4 Å². The quantitative estimate of drug-likeness (QED) is 0.119. The van der Waals surface area contributed by atoms with Gasteiger partial charge in [-0.2, -0.15) is 4.57 Å². The first-order valence-corrected chi connectivity index (χ1v) is 17.1. The van der Waals surface area contributed by atoms with Crippen LogP contribution in [0, 0.1) is 0 Å². The van der Waals surface area contributed by atoms with Gasteiger partial charge in [0, 0.05) is 22.3 Å². The van der Waals surface area contributed by atoms with Gasteiger partial charge < -0.3 is 18.9 Å². The fourth-order valence-electron chi connectivity index (χ4n) is 5.41. The molecule has 6 rings (SSSR count). The summed E-state index contributed by atoms with van der Waals surface area (Å²) in [6.45, 7) is -0.617. The fraction of sp³-hybridized carbons (Fsp3) is 0.135. The Bertz CT molecular complexity index is 2330. The molecule has 2 heterocycles. The number of nitrogens with zero attached hydrogens (tertiary/aromatic N) is 2. The van der Waals surface area contributed by atoms with E-state index in [-0.39, 0.29) is 42.3 Å². The van der Waals surface area contributed by atoms with Crippen LogP contribution in [0.25, 0.3) is 0 Å². The largest absolute Gasteiger partial charge is 0.459 e. The molecule has 1 aliphatic heterocycles. The lowest BCUT2D eigenvalue weighted by molar-refractivity contribution is -0.0643. The van der Waals surface area contributed by atoms with Gasteiger partial charge in [0.15, 0.2) is 18.4 Å². The minimum atomic E-state index is -1.66. The normalized spacial score (nSPS) is 17.9. The van der Waals surface area contributed by atoms with Crippen molar-refractivity contribution >= 4 is 70.2 Å². The molecule has 4 aromatic carbocycles. The van der Waals surface area contributed by atoms with E-state index in [2.05, 4.69) is 0 Å². The lowest BCUT2D eigenvalue weighted by Gasteiger charge is -2.25. The first kappa shape index (κ1) is 37.5. The van der Waals surface area contributed by atoms with Crippen molar-refractivity contribution in [1.82, 2.24) is 9.13 Å². The number of carbonyl (C=O) groups is 4. The van der Waals surface area contributed by atoms with Crippen molar-refractivity contribution in [2.75, 3.05) is 6.61 Å². The zero-order valence-corrected chi connectivity index (χ0v) is 29.9. The second kappa shape index (κ2) is 16.2. The molecule has 0 amide bonds. The summed E-state index contributed by atoms with van der Waals surface area (Å²) in [5.74, 6) is -3.77. The third-order valence-electron chi connectivity index (χ3n) is 7.97. The van der Waals surface area contributed by atoms with Gasteiger partial charge in [-0.1, -0.05) is 82.8 Å². The van der Waals surface area contributed by atoms with E-state index >= 15 is 0 Å². The van der Waals surface area contributed by atoms with Crippen LogP contribution in [-0.2, 0) is 18.9 Å². The molecule has 0 aliphatic carbocycles. The second-order valence-corrected chi connectivity index (χ2v) is 13.1. The molecule has 4 atom stereocenters. The Morgan fingerprint density at radius 3 is 1.72 bits per heavy atom. The van der Waals surface area contributed by atoms with Gasteiger partial charge in [-0.3, -0.25) is 14.2 Å². The summed E-state index contributed by atoms with van der Waals surface area (Å²) in [6.07, 6.45) is -5.21. The number of halogens is 4. The van der Waals surface area contributed by atoms with Crippen molar-refractivity contribution in [3.63, 3.8) is 0 Å². The maximum absolute atomic E-state index is 14.0. The fourth-order valence-corrected chi connectivity index (χ4v) is 6.39. The van der Waals surface area contributed by atoms with Gasteiger partial charge in [-0.15, -0.1) is 0 Å². The summed E-state index contributed by atoms with van der Waals surface area (Å²) in [4.78, 5) is 80.7. The van der Waals surface area contributed by atoms with Crippen molar-refractivity contribution in [2.45, 2.75) is 24.5 Å². The minimum Gasteiger partial charge on any atom is -0.459 e. The van der Waals surface area contributed by atoms with Gasteiger partial charge in [0.1, 0.15) is 12.7 Å². The first-order valence-electron chi connectivity index (χ1n) is 15.6. The van der Waals surface area contributed by atoms with Crippen LogP contribution in [0.5, 0.6) is 0 Å². The number of ether oxygens (including phenoxy) is 4. The number of benzene rings is 4. The van der Waals surface area contributed by atoms with Crippen LogP contribution >= 0.6 is 46.4 Å². The van der Waals surface area contributed by atoms with Crippen LogP contribution in [0.1, 0.15) is 47.7 Å². The topological polar surface area (TPSA) is 149 Å². The second-order valence-electron chi connectivity index (χ2n) is 11.4. The Kier molecular flexibility index (Phi) is 11.5. The highest BCUT2D eigenvalue weighted by atomic mass is 35.5. The molecule has 0 radical (unpaired) electrons. The highest BCUT2D eigenvalue weighted by molar-refractivity contribution is 6.37. The molecule has 270 valence electrons. The molecule has 0 spiro atoms. The van der Waals surface area contributed by atoms with E-state index in [4.69, 9.17) is 65.4 Å². The van der Waals surface area contributed by atoms with Crippen LogP contribution in [0.4, 0.5) is 0 Å². The molecular formula is C37H24Cl4N2O10. The SMILES string of the molecule is O=C(O[C@H]1[C@H](OC(=O)c2ccccc2)[C@H](n2ccc(=O)n(C(=O)c3ccc(Cl)cc3Cl)c2=O)O[C@H]1COC(=O)c1ccc(Cl)cc1Cl)c1ccccc1.